The molecule has 0 saturated heterocycles. The Hall–Kier alpha value is -1.47. The van der Waals surface area contributed by atoms with Crippen LogP contribution in [0.4, 0.5) is 0 Å². The van der Waals surface area contributed by atoms with Crippen LogP contribution in [0.15, 0.2) is 17.3 Å². The molecule has 4 rings (SSSR count). The molecular weight excluding hydrogens is 312 g/mol. The van der Waals surface area contributed by atoms with Gasteiger partial charge >= 0.3 is 0 Å². The Morgan fingerprint density at radius 2 is 2.14 bits per heavy atom. The topological polar surface area (TPSA) is 62.1 Å². The number of rotatable bonds is 4. The van der Waals surface area contributed by atoms with Crippen LogP contribution in [-0.2, 0) is 5.75 Å². The van der Waals surface area contributed by atoms with Gasteiger partial charge in [0.05, 0.1) is 11.1 Å². The van der Waals surface area contributed by atoms with Crippen LogP contribution in [0.3, 0.4) is 0 Å². The van der Waals surface area contributed by atoms with E-state index >= 15 is 0 Å². The lowest BCUT2D eigenvalue weighted by Gasteiger charge is -2.20. The summed E-state index contributed by atoms with van der Waals surface area (Å²) >= 11 is 7.85. The summed E-state index contributed by atoms with van der Waals surface area (Å²) in [6.45, 7) is 1.09. The first-order valence-corrected chi connectivity index (χ1v) is 8.16. The molecule has 1 aromatic carbocycles. The maximum absolute atomic E-state index is 6.24. The van der Waals surface area contributed by atoms with Crippen LogP contribution in [0.1, 0.15) is 24.4 Å². The van der Waals surface area contributed by atoms with Crippen molar-refractivity contribution < 1.29 is 9.47 Å². The number of tetrazole rings is 1. The smallest absolute Gasteiger partial charge is 0.209 e. The summed E-state index contributed by atoms with van der Waals surface area (Å²) in [7, 11) is 0. The van der Waals surface area contributed by atoms with Gasteiger partial charge in [0, 0.05) is 5.75 Å². The number of thioether (sulfide) groups is 1. The third kappa shape index (κ3) is 2.67. The molecule has 0 radical (unpaired) electrons. The highest BCUT2D eigenvalue weighted by Gasteiger charge is 2.28. The Labute approximate surface area is 130 Å². The third-order valence-corrected chi connectivity index (χ3v) is 4.67. The number of halogens is 1. The molecule has 1 aromatic heterocycles. The number of hydrogen-bond donors (Lipinski definition) is 0. The van der Waals surface area contributed by atoms with Crippen molar-refractivity contribution in [2.75, 3.05) is 13.2 Å². The fourth-order valence-corrected chi connectivity index (χ4v) is 3.39. The molecule has 2 heterocycles. The molecule has 1 saturated carbocycles. The number of ether oxygens (including phenoxy) is 2. The third-order valence-electron chi connectivity index (χ3n) is 3.38. The second-order valence-corrected chi connectivity index (χ2v) is 6.38. The zero-order chi connectivity index (χ0) is 14.2. The molecule has 1 fully saturated rings. The molecule has 0 atom stereocenters. The lowest BCUT2D eigenvalue weighted by Crippen LogP contribution is -2.15. The standard InChI is InChI=1S/C13H13ClN4O2S/c14-10-5-8(6-11-12(10)20-4-3-19-11)7-21-13-15-16-17-18(13)9-1-2-9/h5-6,9H,1-4,7H2. The summed E-state index contributed by atoms with van der Waals surface area (Å²) in [5.74, 6) is 2.09. The van der Waals surface area contributed by atoms with Gasteiger partial charge in [-0.05, 0) is 41.0 Å². The molecule has 6 nitrogen and oxygen atoms in total. The Bertz CT molecular complexity index is 674. The highest BCUT2D eigenvalue weighted by atomic mass is 35.5. The van der Waals surface area contributed by atoms with Gasteiger partial charge in [-0.3, -0.25) is 0 Å². The van der Waals surface area contributed by atoms with Gasteiger partial charge in [-0.25, -0.2) is 4.68 Å². The molecule has 110 valence electrons. The van der Waals surface area contributed by atoms with E-state index in [2.05, 4.69) is 15.5 Å². The van der Waals surface area contributed by atoms with Crippen LogP contribution in [0.25, 0.3) is 0 Å². The van der Waals surface area contributed by atoms with E-state index in [-0.39, 0.29) is 0 Å². The van der Waals surface area contributed by atoms with Crippen molar-refractivity contribution in [3.63, 3.8) is 0 Å². The molecule has 2 aliphatic rings. The first-order chi connectivity index (χ1) is 10.3. The highest BCUT2D eigenvalue weighted by Crippen LogP contribution is 2.40. The minimum absolute atomic E-state index is 0.478. The number of aromatic nitrogens is 4. The summed E-state index contributed by atoms with van der Waals surface area (Å²) in [6, 6.07) is 4.36. The first-order valence-electron chi connectivity index (χ1n) is 6.80. The maximum atomic E-state index is 6.24. The minimum atomic E-state index is 0.478. The van der Waals surface area contributed by atoms with Crippen molar-refractivity contribution >= 4 is 23.4 Å². The van der Waals surface area contributed by atoms with E-state index in [4.69, 9.17) is 21.1 Å². The second kappa shape index (κ2) is 5.38. The minimum Gasteiger partial charge on any atom is -0.486 e. The quantitative estimate of drug-likeness (QED) is 0.806. The van der Waals surface area contributed by atoms with Crippen LogP contribution < -0.4 is 9.47 Å². The molecule has 1 aliphatic heterocycles. The van der Waals surface area contributed by atoms with Crippen molar-refractivity contribution in [1.82, 2.24) is 20.2 Å². The molecule has 0 N–H and O–H groups in total. The van der Waals surface area contributed by atoms with E-state index < -0.39 is 0 Å². The van der Waals surface area contributed by atoms with E-state index in [1.165, 1.54) is 0 Å². The maximum Gasteiger partial charge on any atom is 0.209 e. The number of fused-ring (bicyclic) bond motifs is 1. The Balaban J connectivity index is 1.52. The SMILES string of the molecule is Clc1cc(CSc2nnnn2C2CC2)cc2c1OCCO2. The van der Waals surface area contributed by atoms with Crippen LogP contribution in [0.2, 0.25) is 5.02 Å². The van der Waals surface area contributed by atoms with E-state index in [9.17, 15) is 0 Å². The number of hydrogen-bond acceptors (Lipinski definition) is 6. The van der Waals surface area contributed by atoms with E-state index in [1.807, 2.05) is 16.8 Å². The summed E-state index contributed by atoms with van der Waals surface area (Å²) in [4.78, 5) is 0. The zero-order valence-corrected chi connectivity index (χ0v) is 12.7. The van der Waals surface area contributed by atoms with Gasteiger partial charge in [0.1, 0.15) is 13.2 Å². The number of benzene rings is 1. The van der Waals surface area contributed by atoms with E-state index in [1.54, 1.807) is 11.8 Å². The Morgan fingerprint density at radius 3 is 3.00 bits per heavy atom. The highest BCUT2D eigenvalue weighted by molar-refractivity contribution is 7.98. The average molecular weight is 325 g/mol. The van der Waals surface area contributed by atoms with Gasteiger partial charge in [-0.1, -0.05) is 23.4 Å². The Kier molecular flexibility index (Phi) is 3.39. The normalized spacial score (nSPS) is 17.0. The largest absolute Gasteiger partial charge is 0.486 e. The molecular formula is C13H13ClN4O2S. The van der Waals surface area contributed by atoms with Crippen LogP contribution in [-0.4, -0.2) is 33.4 Å². The fourth-order valence-electron chi connectivity index (χ4n) is 2.22. The van der Waals surface area contributed by atoms with Gasteiger partial charge in [-0.2, -0.15) is 0 Å². The predicted molar refractivity (Wildman–Crippen MR) is 78.1 cm³/mol. The molecule has 0 spiro atoms. The Morgan fingerprint density at radius 1 is 1.29 bits per heavy atom. The van der Waals surface area contributed by atoms with Gasteiger partial charge in [0.25, 0.3) is 0 Å². The molecule has 2 aromatic rings. The fraction of sp³-hybridized carbons (Fsp3) is 0.462. The van der Waals surface area contributed by atoms with Crippen molar-refractivity contribution in [1.29, 1.82) is 0 Å². The van der Waals surface area contributed by atoms with Gasteiger partial charge in [0.2, 0.25) is 5.16 Å². The summed E-state index contributed by atoms with van der Waals surface area (Å²) in [5, 5.41) is 13.3. The molecule has 8 heteroatoms. The summed E-state index contributed by atoms with van der Waals surface area (Å²) in [5.41, 5.74) is 1.07. The van der Waals surface area contributed by atoms with Crippen LogP contribution >= 0.6 is 23.4 Å². The van der Waals surface area contributed by atoms with Gasteiger partial charge in [-0.15, -0.1) is 5.10 Å². The zero-order valence-electron chi connectivity index (χ0n) is 11.2. The predicted octanol–water partition coefficient (Wildman–Crippen LogP) is 2.72. The molecule has 0 bridgehead atoms. The van der Waals surface area contributed by atoms with Crippen molar-refractivity contribution in [3.05, 3.63) is 22.7 Å². The molecule has 0 unspecified atom stereocenters. The second-order valence-electron chi connectivity index (χ2n) is 5.03. The monoisotopic (exact) mass is 324 g/mol. The van der Waals surface area contributed by atoms with Gasteiger partial charge < -0.3 is 9.47 Å². The summed E-state index contributed by atoms with van der Waals surface area (Å²) < 4.78 is 13.0. The molecule has 21 heavy (non-hydrogen) atoms. The van der Waals surface area contributed by atoms with Crippen molar-refractivity contribution in [2.24, 2.45) is 0 Å². The summed E-state index contributed by atoms with van der Waals surface area (Å²) in [6.07, 6.45) is 2.32. The molecule has 0 amide bonds. The number of nitrogens with zero attached hydrogens (tertiary/aromatic N) is 4. The van der Waals surface area contributed by atoms with E-state index in [0.717, 1.165) is 29.3 Å². The van der Waals surface area contributed by atoms with Crippen LogP contribution in [0, 0.1) is 0 Å². The molecule has 1 aliphatic carbocycles. The van der Waals surface area contributed by atoms with Crippen molar-refractivity contribution in [2.45, 2.75) is 29.8 Å². The van der Waals surface area contributed by atoms with Crippen molar-refractivity contribution in [3.8, 4) is 11.5 Å². The lowest BCUT2D eigenvalue weighted by atomic mass is 10.2. The van der Waals surface area contributed by atoms with E-state index in [0.29, 0.717) is 35.8 Å². The first kappa shape index (κ1) is 13.2. The van der Waals surface area contributed by atoms with Crippen LogP contribution in [0.5, 0.6) is 11.5 Å². The van der Waals surface area contributed by atoms with Gasteiger partial charge in [0.15, 0.2) is 11.5 Å². The average Bonchev–Trinajstić information content (AvgIpc) is 3.24. The lowest BCUT2D eigenvalue weighted by molar-refractivity contribution is 0.171.